The largest absolute Gasteiger partial charge is 0.464 e. The molecule has 0 bridgehead atoms. The van der Waals surface area contributed by atoms with Crippen molar-refractivity contribution in [3.63, 3.8) is 0 Å². The Hall–Kier alpha value is -0.870. The molecule has 1 unspecified atom stereocenters. The van der Waals surface area contributed by atoms with Gasteiger partial charge in [0, 0.05) is 11.4 Å². The molecule has 2 heterocycles. The highest BCUT2D eigenvalue weighted by molar-refractivity contribution is 7.10. The third kappa shape index (κ3) is 2.53. The summed E-state index contributed by atoms with van der Waals surface area (Å²) in [6.07, 6.45) is 4.69. The van der Waals surface area contributed by atoms with E-state index in [0.717, 1.165) is 30.9 Å². The number of hydrogen-bond donors (Lipinski definition) is 1. The molecule has 3 rings (SSSR count). The molecule has 2 aliphatic rings. The number of rotatable bonds is 4. The number of hydrogen-bond acceptors (Lipinski definition) is 4. The van der Waals surface area contributed by atoms with Crippen LogP contribution in [-0.2, 0) is 16.0 Å². The van der Waals surface area contributed by atoms with Crippen LogP contribution in [0.15, 0.2) is 11.4 Å². The number of fused-ring (bicyclic) bond motifs is 1. The van der Waals surface area contributed by atoms with E-state index in [9.17, 15) is 4.79 Å². The minimum absolute atomic E-state index is 0.106. The second-order valence-electron chi connectivity index (χ2n) is 4.84. The molecule has 1 aromatic heterocycles. The van der Waals surface area contributed by atoms with Crippen molar-refractivity contribution in [3.8, 4) is 0 Å². The highest BCUT2D eigenvalue weighted by Gasteiger charge is 2.28. The molecule has 4 heteroatoms. The Labute approximate surface area is 105 Å². The quantitative estimate of drug-likeness (QED) is 0.834. The molecule has 0 radical (unpaired) electrons. The Kier molecular flexibility index (Phi) is 3.16. The topological polar surface area (TPSA) is 38.3 Å². The molecule has 0 saturated heterocycles. The first-order valence-corrected chi connectivity index (χ1v) is 7.19. The third-order valence-corrected chi connectivity index (χ3v) is 4.49. The lowest BCUT2D eigenvalue weighted by Crippen LogP contribution is -2.35. The van der Waals surface area contributed by atoms with Gasteiger partial charge in [-0.25, -0.2) is 4.79 Å². The lowest BCUT2D eigenvalue weighted by Gasteiger charge is -2.22. The van der Waals surface area contributed by atoms with Gasteiger partial charge in [-0.05, 0) is 35.8 Å². The van der Waals surface area contributed by atoms with Crippen LogP contribution in [0.2, 0.25) is 0 Å². The fourth-order valence-electron chi connectivity index (χ4n) is 2.28. The molecule has 3 nitrogen and oxygen atoms in total. The summed E-state index contributed by atoms with van der Waals surface area (Å²) in [6.45, 7) is 1.46. The number of carbonyl (C=O) groups excluding carboxylic acids is 1. The molecule has 1 N–H and O–H groups in total. The molecule has 1 aliphatic heterocycles. The number of ether oxygens (including phenoxy) is 1. The van der Waals surface area contributed by atoms with E-state index >= 15 is 0 Å². The van der Waals surface area contributed by atoms with E-state index in [4.69, 9.17) is 4.74 Å². The fraction of sp³-hybridized carbons (Fsp3) is 0.615. The maximum Gasteiger partial charge on any atom is 0.327 e. The molecule has 0 aromatic carbocycles. The van der Waals surface area contributed by atoms with Crippen LogP contribution in [0, 0.1) is 5.92 Å². The Morgan fingerprint density at radius 3 is 3.24 bits per heavy atom. The molecule has 1 aliphatic carbocycles. The minimum Gasteiger partial charge on any atom is -0.464 e. The summed E-state index contributed by atoms with van der Waals surface area (Å²) < 4.78 is 5.36. The summed E-state index contributed by atoms with van der Waals surface area (Å²) in [7, 11) is 0. The number of nitrogens with one attached hydrogen (secondary N) is 1. The summed E-state index contributed by atoms with van der Waals surface area (Å²) in [5, 5.41) is 5.30. The van der Waals surface area contributed by atoms with Gasteiger partial charge in [-0.2, -0.15) is 0 Å². The van der Waals surface area contributed by atoms with Gasteiger partial charge >= 0.3 is 5.97 Å². The van der Waals surface area contributed by atoms with Gasteiger partial charge in [0.2, 0.25) is 0 Å². The molecule has 1 fully saturated rings. The smallest absolute Gasteiger partial charge is 0.327 e. The van der Waals surface area contributed by atoms with Crippen molar-refractivity contribution in [2.75, 3.05) is 13.2 Å². The number of carbonyl (C=O) groups is 1. The zero-order valence-electron chi connectivity index (χ0n) is 9.78. The van der Waals surface area contributed by atoms with Crippen LogP contribution in [0.1, 0.15) is 35.7 Å². The molecule has 1 aromatic rings. The normalized spacial score (nSPS) is 23.2. The van der Waals surface area contributed by atoms with Crippen molar-refractivity contribution >= 4 is 17.3 Å². The van der Waals surface area contributed by atoms with E-state index in [1.54, 1.807) is 11.3 Å². The van der Waals surface area contributed by atoms with E-state index in [2.05, 4.69) is 10.7 Å². The lowest BCUT2D eigenvalue weighted by molar-refractivity contribution is -0.146. The SMILES string of the molecule is O=C(OCCC1CC1)C1NCCc2sccc21. The van der Waals surface area contributed by atoms with Gasteiger partial charge in [-0.15, -0.1) is 11.3 Å². The van der Waals surface area contributed by atoms with Crippen molar-refractivity contribution in [1.29, 1.82) is 0 Å². The monoisotopic (exact) mass is 251 g/mol. The predicted molar refractivity (Wildman–Crippen MR) is 67.1 cm³/mol. The Morgan fingerprint density at radius 1 is 1.53 bits per heavy atom. The zero-order valence-corrected chi connectivity index (χ0v) is 10.6. The summed E-state index contributed by atoms with van der Waals surface area (Å²) in [5.41, 5.74) is 1.12. The van der Waals surface area contributed by atoms with Crippen LogP contribution in [0.3, 0.4) is 0 Å². The number of esters is 1. The first-order valence-electron chi connectivity index (χ1n) is 6.31. The van der Waals surface area contributed by atoms with Crippen LogP contribution >= 0.6 is 11.3 Å². The molecular weight excluding hydrogens is 234 g/mol. The molecular formula is C13H17NO2S. The summed E-state index contributed by atoms with van der Waals surface area (Å²) in [5.74, 6) is 0.712. The molecule has 1 saturated carbocycles. The molecule has 0 spiro atoms. The average molecular weight is 251 g/mol. The van der Waals surface area contributed by atoms with Crippen LogP contribution < -0.4 is 5.32 Å². The van der Waals surface area contributed by atoms with Crippen molar-refractivity contribution in [1.82, 2.24) is 5.32 Å². The fourth-order valence-corrected chi connectivity index (χ4v) is 3.20. The highest BCUT2D eigenvalue weighted by Crippen LogP contribution is 2.32. The van der Waals surface area contributed by atoms with Crippen molar-refractivity contribution < 1.29 is 9.53 Å². The van der Waals surface area contributed by atoms with Gasteiger partial charge < -0.3 is 10.1 Å². The van der Waals surface area contributed by atoms with Gasteiger partial charge in [0.15, 0.2) is 0 Å². The Balaban J connectivity index is 1.58. The Morgan fingerprint density at radius 2 is 2.41 bits per heavy atom. The van der Waals surface area contributed by atoms with Gasteiger partial charge in [0.1, 0.15) is 6.04 Å². The van der Waals surface area contributed by atoms with Crippen molar-refractivity contribution in [3.05, 3.63) is 21.9 Å². The zero-order chi connectivity index (χ0) is 11.7. The van der Waals surface area contributed by atoms with Crippen molar-refractivity contribution in [2.45, 2.75) is 31.7 Å². The first kappa shape index (κ1) is 11.2. The highest BCUT2D eigenvalue weighted by atomic mass is 32.1. The standard InChI is InChI=1S/C13H17NO2S/c15-13(16-7-4-9-1-2-9)12-10-5-8-17-11(10)3-6-14-12/h5,8-9,12,14H,1-4,6-7H2. The third-order valence-electron chi connectivity index (χ3n) is 3.49. The van der Waals surface area contributed by atoms with Gasteiger partial charge in [0.05, 0.1) is 6.61 Å². The molecule has 17 heavy (non-hydrogen) atoms. The van der Waals surface area contributed by atoms with E-state index in [0.29, 0.717) is 6.61 Å². The van der Waals surface area contributed by atoms with Gasteiger partial charge in [-0.1, -0.05) is 12.8 Å². The van der Waals surface area contributed by atoms with E-state index in [1.807, 2.05) is 6.07 Å². The van der Waals surface area contributed by atoms with Crippen molar-refractivity contribution in [2.24, 2.45) is 5.92 Å². The molecule has 1 atom stereocenters. The maximum atomic E-state index is 12.0. The van der Waals surface area contributed by atoms with Crippen LogP contribution in [0.25, 0.3) is 0 Å². The summed E-state index contributed by atoms with van der Waals surface area (Å²) in [4.78, 5) is 13.3. The van der Waals surface area contributed by atoms with Gasteiger partial charge in [0.25, 0.3) is 0 Å². The Bertz CT molecular complexity index is 411. The average Bonchev–Trinajstić information content (AvgIpc) is 3.04. The van der Waals surface area contributed by atoms with Crippen LogP contribution in [0.5, 0.6) is 0 Å². The van der Waals surface area contributed by atoms with E-state index in [1.165, 1.54) is 17.7 Å². The number of thiophene rings is 1. The van der Waals surface area contributed by atoms with Gasteiger partial charge in [-0.3, -0.25) is 0 Å². The molecule has 0 amide bonds. The van der Waals surface area contributed by atoms with Crippen LogP contribution in [0.4, 0.5) is 0 Å². The maximum absolute atomic E-state index is 12.0. The minimum atomic E-state index is -0.232. The van der Waals surface area contributed by atoms with E-state index in [-0.39, 0.29) is 12.0 Å². The summed E-state index contributed by atoms with van der Waals surface area (Å²) in [6, 6.07) is 1.81. The van der Waals surface area contributed by atoms with E-state index < -0.39 is 0 Å². The second kappa shape index (κ2) is 4.78. The lowest BCUT2D eigenvalue weighted by atomic mass is 10.0. The van der Waals surface area contributed by atoms with Crippen LogP contribution in [-0.4, -0.2) is 19.1 Å². The molecule has 92 valence electrons. The predicted octanol–water partition coefficient (Wildman–Crippen LogP) is 2.28. The second-order valence-corrected chi connectivity index (χ2v) is 5.84. The summed E-state index contributed by atoms with van der Waals surface area (Å²) >= 11 is 1.74. The first-order chi connectivity index (χ1) is 8.34.